The molecule has 0 aliphatic rings. The van der Waals surface area contributed by atoms with Gasteiger partial charge in [-0.1, -0.05) is 48.6 Å². The monoisotopic (exact) mass is 278 g/mol. The standard InChI is InChI=1S/C15H19O3P/c1-3-8-13(4-2)19(18,12-11-15(16)17)14-9-6-5-7-10-14/h3-10H,11-12H2,1-2H3,(H,16,17)/b8-3-,13-4+. The summed E-state index contributed by atoms with van der Waals surface area (Å²) in [6.07, 6.45) is 5.48. The third-order valence-corrected chi connectivity index (χ3v) is 6.09. The zero-order chi connectivity index (χ0) is 14.3. The smallest absolute Gasteiger partial charge is 0.303 e. The molecule has 0 heterocycles. The van der Waals surface area contributed by atoms with Crippen LogP contribution in [0.1, 0.15) is 20.3 Å². The molecule has 1 aromatic rings. The number of carboxylic acids is 1. The van der Waals surface area contributed by atoms with Crippen molar-refractivity contribution in [2.45, 2.75) is 20.3 Å². The Bertz CT molecular complexity index is 530. The predicted octanol–water partition coefficient (Wildman–Crippen LogP) is 3.63. The zero-order valence-corrected chi connectivity index (χ0v) is 12.1. The van der Waals surface area contributed by atoms with Gasteiger partial charge in [0.25, 0.3) is 0 Å². The van der Waals surface area contributed by atoms with Crippen LogP contribution >= 0.6 is 7.14 Å². The summed E-state index contributed by atoms with van der Waals surface area (Å²) in [6, 6.07) is 9.11. The Hall–Kier alpha value is -1.60. The van der Waals surface area contributed by atoms with E-state index < -0.39 is 13.1 Å². The van der Waals surface area contributed by atoms with Gasteiger partial charge in [-0.3, -0.25) is 4.79 Å². The van der Waals surface area contributed by atoms with Gasteiger partial charge in [0, 0.05) is 16.8 Å². The Balaban J connectivity index is 3.25. The summed E-state index contributed by atoms with van der Waals surface area (Å²) in [7, 11) is -2.86. The number of carboxylic acid groups (broad SMARTS) is 1. The van der Waals surface area contributed by atoms with Crippen LogP contribution in [-0.2, 0) is 9.36 Å². The lowest BCUT2D eigenvalue weighted by Gasteiger charge is -2.19. The number of carbonyl (C=O) groups is 1. The second-order valence-electron chi connectivity index (χ2n) is 4.16. The van der Waals surface area contributed by atoms with E-state index in [4.69, 9.17) is 5.11 Å². The van der Waals surface area contributed by atoms with E-state index in [2.05, 4.69) is 0 Å². The maximum Gasteiger partial charge on any atom is 0.303 e. The highest BCUT2D eigenvalue weighted by atomic mass is 31.2. The number of allylic oxidation sites excluding steroid dienone is 4. The normalized spacial score (nSPS) is 15.4. The summed E-state index contributed by atoms with van der Waals surface area (Å²) in [5.41, 5.74) is 0. The first-order valence-electron chi connectivity index (χ1n) is 6.20. The molecule has 0 aromatic heterocycles. The number of rotatable bonds is 6. The van der Waals surface area contributed by atoms with Gasteiger partial charge in [0.1, 0.15) is 7.14 Å². The fraction of sp³-hybridized carbons (Fsp3) is 0.267. The Morgan fingerprint density at radius 2 is 1.89 bits per heavy atom. The van der Waals surface area contributed by atoms with Gasteiger partial charge in [0.05, 0.1) is 6.42 Å². The minimum absolute atomic E-state index is 0.0962. The van der Waals surface area contributed by atoms with Gasteiger partial charge in [-0.25, -0.2) is 0 Å². The molecule has 19 heavy (non-hydrogen) atoms. The summed E-state index contributed by atoms with van der Waals surface area (Å²) in [6.45, 7) is 3.68. The SMILES string of the molecule is C/C=C\C(=C/C)P(=O)(CCC(=O)O)c1ccccc1. The molecule has 1 unspecified atom stereocenters. The maximum absolute atomic E-state index is 13.3. The van der Waals surface area contributed by atoms with E-state index >= 15 is 0 Å². The molecule has 0 fully saturated rings. The lowest BCUT2D eigenvalue weighted by atomic mass is 10.4. The van der Waals surface area contributed by atoms with E-state index in [1.54, 1.807) is 24.3 Å². The van der Waals surface area contributed by atoms with Crippen molar-refractivity contribution in [3.63, 3.8) is 0 Å². The molecule has 1 aromatic carbocycles. The molecule has 0 saturated carbocycles. The van der Waals surface area contributed by atoms with Gasteiger partial charge in [-0.15, -0.1) is 0 Å². The van der Waals surface area contributed by atoms with E-state index in [1.807, 2.05) is 38.1 Å². The van der Waals surface area contributed by atoms with Gasteiger partial charge in [0.15, 0.2) is 0 Å². The third-order valence-electron chi connectivity index (χ3n) is 2.86. The highest BCUT2D eigenvalue weighted by Crippen LogP contribution is 2.53. The topological polar surface area (TPSA) is 54.4 Å². The summed E-state index contributed by atoms with van der Waals surface area (Å²) >= 11 is 0. The quantitative estimate of drug-likeness (QED) is 0.638. The lowest BCUT2D eigenvalue weighted by Crippen LogP contribution is -2.11. The van der Waals surface area contributed by atoms with Gasteiger partial charge >= 0.3 is 5.97 Å². The number of aliphatic carboxylic acids is 1. The molecule has 0 saturated heterocycles. The van der Waals surface area contributed by atoms with E-state index in [9.17, 15) is 9.36 Å². The maximum atomic E-state index is 13.3. The highest BCUT2D eigenvalue weighted by Gasteiger charge is 2.28. The van der Waals surface area contributed by atoms with Crippen molar-refractivity contribution in [3.8, 4) is 0 Å². The van der Waals surface area contributed by atoms with Crippen molar-refractivity contribution in [1.29, 1.82) is 0 Å². The molecule has 3 nitrogen and oxygen atoms in total. The molecule has 0 aliphatic carbocycles. The highest BCUT2D eigenvalue weighted by molar-refractivity contribution is 7.75. The first kappa shape index (κ1) is 15.5. The van der Waals surface area contributed by atoms with Gasteiger partial charge in [-0.2, -0.15) is 0 Å². The summed E-state index contributed by atoms with van der Waals surface area (Å²) < 4.78 is 13.3. The first-order valence-corrected chi connectivity index (χ1v) is 8.10. The van der Waals surface area contributed by atoms with Crippen LogP contribution in [0.3, 0.4) is 0 Å². The lowest BCUT2D eigenvalue weighted by molar-refractivity contribution is -0.136. The molecule has 0 bridgehead atoms. The molecule has 0 spiro atoms. The molecule has 102 valence electrons. The molecule has 1 N–H and O–H groups in total. The number of benzene rings is 1. The van der Waals surface area contributed by atoms with Crippen molar-refractivity contribution >= 4 is 18.4 Å². The van der Waals surface area contributed by atoms with Gasteiger partial charge in [-0.05, 0) is 13.8 Å². The van der Waals surface area contributed by atoms with Crippen LogP contribution in [-0.4, -0.2) is 17.2 Å². The minimum Gasteiger partial charge on any atom is -0.481 e. The predicted molar refractivity (Wildman–Crippen MR) is 79.4 cm³/mol. The van der Waals surface area contributed by atoms with E-state index in [0.29, 0.717) is 10.6 Å². The number of hydrogen-bond acceptors (Lipinski definition) is 2. The number of hydrogen-bond donors (Lipinski definition) is 1. The molecule has 0 radical (unpaired) electrons. The molecular weight excluding hydrogens is 259 g/mol. The van der Waals surface area contributed by atoms with E-state index in [-0.39, 0.29) is 12.6 Å². The second-order valence-corrected chi connectivity index (χ2v) is 7.12. The molecule has 4 heteroatoms. The Labute approximate surface area is 114 Å². The minimum atomic E-state index is -2.86. The van der Waals surface area contributed by atoms with Crippen LogP contribution in [0, 0.1) is 0 Å². The Morgan fingerprint density at radius 3 is 2.37 bits per heavy atom. The largest absolute Gasteiger partial charge is 0.481 e. The van der Waals surface area contributed by atoms with Crippen LogP contribution in [0.25, 0.3) is 0 Å². The van der Waals surface area contributed by atoms with Crippen molar-refractivity contribution < 1.29 is 14.5 Å². The van der Waals surface area contributed by atoms with Crippen molar-refractivity contribution in [3.05, 3.63) is 53.9 Å². The third kappa shape index (κ3) is 3.93. The van der Waals surface area contributed by atoms with Crippen molar-refractivity contribution in [1.82, 2.24) is 0 Å². The Kier molecular flexibility index (Phi) is 5.78. The molecular formula is C15H19O3P. The zero-order valence-electron chi connectivity index (χ0n) is 11.2. The van der Waals surface area contributed by atoms with E-state index in [1.165, 1.54) is 0 Å². The fourth-order valence-corrected chi connectivity index (χ4v) is 4.71. The summed E-state index contributed by atoms with van der Waals surface area (Å²) in [4.78, 5) is 10.8. The summed E-state index contributed by atoms with van der Waals surface area (Å²) in [5.74, 6) is -0.924. The van der Waals surface area contributed by atoms with Crippen LogP contribution in [0.5, 0.6) is 0 Å². The second kappa shape index (κ2) is 7.10. The van der Waals surface area contributed by atoms with Gasteiger partial charge < -0.3 is 9.67 Å². The fourth-order valence-electron chi connectivity index (χ4n) is 1.93. The van der Waals surface area contributed by atoms with Crippen LogP contribution in [0.15, 0.2) is 53.9 Å². The van der Waals surface area contributed by atoms with Gasteiger partial charge in [0.2, 0.25) is 0 Å². The average Bonchev–Trinajstić information content (AvgIpc) is 2.43. The molecule has 0 aliphatic heterocycles. The first-order chi connectivity index (χ1) is 9.04. The van der Waals surface area contributed by atoms with Crippen molar-refractivity contribution in [2.75, 3.05) is 6.16 Å². The van der Waals surface area contributed by atoms with E-state index in [0.717, 1.165) is 0 Å². The molecule has 0 amide bonds. The Morgan fingerprint density at radius 1 is 1.26 bits per heavy atom. The summed E-state index contributed by atoms with van der Waals surface area (Å²) in [5, 5.41) is 10.3. The van der Waals surface area contributed by atoms with Crippen LogP contribution in [0.2, 0.25) is 0 Å². The van der Waals surface area contributed by atoms with Crippen LogP contribution in [0.4, 0.5) is 0 Å². The molecule has 1 atom stereocenters. The molecule has 1 rings (SSSR count). The van der Waals surface area contributed by atoms with Crippen LogP contribution < -0.4 is 5.30 Å². The average molecular weight is 278 g/mol. The van der Waals surface area contributed by atoms with Crippen molar-refractivity contribution in [2.24, 2.45) is 0 Å².